The molecule has 16 heavy (non-hydrogen) atoms. The van der Waals surface area contributed by atoms with Gasteiger partial charge in [0, 0.05) is 12.0 Å². The van der Waals surface area contributed by atoms with Crippen molar-refractivity contribution in [1.82, 2.24) is 0 Å². The number of Topliss-reactive ketones (excluding diaryl/α,β-unsaturated/α-hetero) is 1. The van der Waals surface area contributed by atoms with Gasteiger partial charge in [0.05, 0.1) is 12.7 Å². The van der Waals surface area contributed by atoms with Crippen LogP contribution in [0, 0.1) is 17.6 Å². The van der Waals surface area contributed by atoms with Crippen molar-refractivity contribution in [1.29, 1.82) is 0 Å². The SMILES string of the molecule is CCC(C)C(=O)c1cc(F)cc(F)c1OC. The van der Waals surface area contributed by atoms with Crippen LogP contribution in [0.1, 0.15) is 30.6 Å². The van der Waals surface area contributed by atoms with Crippen LogP contribution < -0.4 is 4.74 Å². The normalized spacial score (nSPS) is 12.3. The lowest BCUT2D eigenvalue weighted by atomic mass is 9.96. The summed E-state index contributed by atoms with van der Waals surface area (Å²) in [6.07, 6.45) is 0.611. The number of ketones is 1. The number of benzene rings is 1. The van der Waals surface area contributed by atoms with Crippen LogP contribution in [-0.4, -0.2) is 12.9 Å². The van der Waals surface area contributed by atoms with Crippen LogP contribution in [0.2, 0.25) is 0 Å². The van der Waals surface area contributed by atoms with E-state index in [1.807, 2.05) is 6.92 Å². The fraction of sp³-hybridized carbons (Fsp3) is 0.417. The van der Waals surface area contributed by atoms with Crippen LogP contribution in [0.3, 0.4) is 0 Å². The summed E-state index contributed by atoms with van der Waals surface area (Å²) in [5.41, 5.74) is -0.0330. The maximum absolute atomic E-state index is 13.3. The Morgan fingerprint density at radius 3 is 2.56 bits per heavy atom. The third-order valence-electron chi connectivity index (χ3n) is 2.54. The minimum absolute atomic E-state index is 0.0330. The summed E-state index contributed by atoms with van der Waals surface area (Å²) in [5.74, 6) is -2.40. The second-order valence-corrected chi connectivity index (χ2v) is 3.64. The number of rotatable bonds is 4. The monoisotopic (exact) mass is 228 g/mol. The predicted octanol–water partition coefficient (Wildman–Crippen LogP) is 3.20. The van der Waals surface area contributed by atoms with E-state index in [0.29, 0.717) is 12.5 Å². The molecule has 1 atom stereocenters. The Bertz CT molecular complexity index is 402. The van der Waals surface area contributed by atoms with Crippen molar-refractivity contribution in [3.8, 4) is 5.75 Å². The molecule has 0 N–H and O–H groups in total. The molecule has 1 aromatic carbocycles. The van der Waals surface area contributed by atoms with E-state index in [0.717, 1.165) is 6.07 Å². The summed E-state index contributed by atoms with van der Waals surface area (Å²) in [6.45, 7) is 3.55. The minimum Gasteiger partial charge on any atom is -0.493 e. The molecular formula is C12H14F2O2. The number of ether oxygens (including phenoxy) is 1. The molecule has 0 saturated heterocycles. The summed E-state index contributed by atoms with van der Waals surface area (Å²) >= 11 is 0. The van der Waals surface area contributed by atoms with Gasteiger partial charge in [-0.05, 0) is 12.5 Å². The minimum atomic E-state index is -0.853. The highest BCUT2D eigenvalue weighted by Crippen LogP contribution is 2.27. The first kappa shape index (κ1) is 12.6. The van der Waals surface area contributed by atoms with E-state index < -0.39 is 11.6 Å². The van der Waals surface area contributed by atoms with E-state index in [4.69, 9.17) is 4.74 Å². The van der Waals surface area contributed by atoms with Gasteiger partial charge in [-0.2, -0.15) is 0 Å². The number of hydrogen-bond acceptors (Lipinski definition) is 2. The lowest BCUT2D eigenvalue weighted by Gasteiger charge is -2.12. The van der Waals surface area contributed by atoms with Gasteiger partial charge < -0.3 is 4.74 Å². The second kappa shape index (κ2) is 5.05. The highest BCUT2D eigenvalue weighted by molar-refractivity contribution is 6.00. The summed E-state index contributed by atoms with van der Waals surface area (Å²) < 4.78 is 31.1. The quantitative estimate of drug-likeness (QED) is 0.740. The number of methoxy groups -OCH3 is 1. The zero-order chi connectivity index (χ0) is 12.3. The Morgan fingerprint density at radius 1 is 1.44 bits per heavy atom. The molecule has 0 amide bonds. The molecule has 0 spiro atoms. The first-order valence-corrected chi connectivity index (χ1v) is 5.08. The van der Waals surface area contributed by atoms with Gasteiger partial charge in [-0.25, -0.2) is 8.78 Å². The van der Waals surface area contributed by atoms with Gasteiger partial charge in [0.25, 0.3) is 0 Å². The van der Waals surface area contributed by atoms with Crippen LogP contribution in [0.25, 0.3) is 0 Å². The molecule has 4 heteroatoms. The van der Waals surface area contributed by atoms with Gasteiger partial charge in [-0.3, -0.25) is 4.79 Å². The Morgan fingerprint density at radius 2 is 2.06 bits per heavy atom. The molecule has 1 aromatic rings. The van der Waals surface area contributed by atoms with Gasteiger partial charge in [0.2, 0.25) is 0 Å². The van der Waals surface area contributed by atoms with Crippen LogP contribution in [-0.2, 0) is 0 Å². The largest absolute Gasteiger partial charge is 0.493 e. The Labute approximate surface area is 93.2 Å². The van der Waals surface area contributed by atoms with Crippen molar-refractivity contribution in [3.05, 3.63) is 29.3 Å². The standard InChI is InChI=1S/C12H14F2O2/c1-4-7(2)11(15)9-5-8(13)6-10(14)12(9)16-3/h5-7H,4H2,1-3H3. The molecular weight excluding hydrogens is 214 g/mol. The maximum Gasteiger partial charge on any atom is 0.169 e. The zero-order valence-electron chi connectivity index (χ0n) is 9.51. The average molecular weight is 228 g/mol. The van der Waals surface area contributed by atoms with Gasteiger partial charge in [0.1, 0.15) is 5.82 Å². The summed E-state index contributed by atoms with van der Waals surface area (Å²) in [6, 6.07) is 1.71. The van der Waals surface area contributed by atoms with Gasteiger partial charge >= 0.3 is 0 Å². The lowest BCUT2D eigenvalue weighted by Crippen LogP contribution is -2.12. The first-order valence-electron chi connectivity index (χ1n) is 5.08. The van der Waals surface area contributed by atoms with Gasteiger partial charge in [-0.15, -0.1) is 0 Å². The summed E-state index contributed by atoms with van der Waals surface area (Å²) in [5, 5.41) is 0. The Kier molecular flexibility index (Phi) is 3.99. The molecule has 0 aliphatic carbocycles. The molecule has 2 nitrogen and oxygen atoms in total. The molecule has 1 unspecified atom stereocenters. The highest BCUT2D eigenvalue weighted by atomic mass is 19.1. The third-order valence-corrected chi connectivity index (χ3v) is 2.54. The van der Waals surface area contributed by atoms with Crippen molar-refractivity contribution in [2.24, 2.45) is 5.92 Å². The molecule has 0 aromatic heterocycles. The molecule has 0 heterocycles. The van der Waals surface area contributed by atoms with E-state index >= 15 is 0 Å². The van der Waals surface area contributed by atoms with E-state index in [9.17, 15) is 13.6 Å². The molecule has 0 fully saturated rings. The van der Waals surface area contributed by atoms with E-state index in [-0.39, 0.29) is 23.0 Å². The van der Waals surface area contributed by atoms with Crippen LogP contribution >= 0.6 is 0 Å². The highest BCUT2D eigenvalue weighted by Gasteiger charge is 2.21. The predicted molar refractivity (Wildman–Crippen MR) is 56.7 cm³/mol. The van der Waals surface area contributed by atoms with Crippen LogP contribution in [0.15, 0.2) is 12.1 Å². The molecule has 0 radical (unpaired) electrons. The third kappa shape index (κ3) is 2.38. The number of halogens is 2. The van der Waals surface area contributed by atoms with Crippen LogP contribution in [0.5, 0.6) is 5.75 Å². The lowest BCUT2D eigenvalue weighted by molar-refractivity contribution is 0.0922. The number of carbonyl (C=O) groups excluding carboxylic acids is 1. The van der Waals surface area contributed by atoms with E-state index in [2.05, 4.69) is 0 Å². The molecule has 0 aliphatic rings. The Balaban J connectivity index is 3.26. The fourth-order valence-electron chi connectivity index (χ4n) is 1.40. The van der Waals surface area contributed by atoms with Crippen molar-refractivity contribution in [2.75, 3.05) is 7.11 Å². The average Bonchev–Trinajstić information content (AvgIpc) is 2.26. The smallest absolute Gasteiger partial charge is 0.169 e. The second-order valence-electron chi connectivity index (χ2n) is 3.64. The van der Waals surface area contributed by atoms with Gasteiger partial charge in [0.15, 0.2) is 17.3 Å². The summed E-state index contributed by atoms with van der Waals surface area (Å²) in [4.78, 5) is 11.8. The van der Waals surface area contributed by atoms with E-state index in [1.165, 1.54) is 7.11 Å². The van der Waals surface area contributed by atoms with Gasteiger partial charge in [-0.1, -0.05) is 13.8 Å². The number of carbonyl (C=O) groups is 1. The number of hydrogen-bond donors (Lipinski definition) is 0. The molecule has 0 aliphatic heterocycles. The van der Waals surface area contributed by atoms with Crippen molar-refractivity contribution < 1.29 is 18.3 Å². The first-order chi connectivity index (χ1) is 7.51. The molecule has 0 bridgehead atoms. The van der Waals surface area contributed by atoms with Crippen molar-refractivity contribution in [3.63, 3.8) is 0 Å². The Hall–Kier alpha value is -1.45. The van der Waals surface area contributed by atoms with Crippen molar-refractivity contribution in [2.45, 2.75) is 20.3 Å². The van der Waals surface area contributed by atoms with Crippen LogP contribution in [0.4, 0.5) is 8.78 Å². The molecule has 0 saturated carbocycles. The fourth-order valence-corrected chi connectivity index (χ4v) is 1.40. The topological polar surface area (TPSA) is 26.3 Å². The maximum atomic E-state index is 13.3. The molecule has 1 rings (SSSR count). The molecule has 88 valence electrons. The zero-order valence-corrected chi connectivity index (χ0v) is 9.51. The van der Waals surface area contributed by atoms with E-state index in [1.54, 1.807) is 6.92 Å². The van der Waals surface area contributed by atoms with Crippen molar-refractivity contribution >= 4 is 5.78 Å². The summed E-state index contributed by atoms with van der Waals surface area (Å²) in [7, 11) is 1.25.